The summed E-state index contributed by atoms with van der Waals surface area (Å²) in [4.78, 5) is 20.3. The molecule has 0 amide bonds. The van der Waals surface area contributed by atoms with Gasteiger partial charge in [0.1, 0.15) is 0 Å². The zero-order valence-corrected chi connectivity index (χ0v) is 20.5. The fourth-order valence-corrected chi connectivity index (χ4v) is 5.94. The molecule has 9 heteroatoms. The molecule has 6 rings (SSSR count). The first kappa shape index (κ1) is 22.4. The number of aromatic nitrogens is 5. The third-order valence-electron chi connectivity index (χ3n) is 7.23. The molecule has 2 aliphatic rings. The average Bonchev–Trinajstić information content (AvgIpc) is 3.66. The number of nitrogens with zero attached hydrogens (tertiary/aromatic N) is 5. The second-order valence-corrected chi connectivity index (χ2v) is 10.6. The number of hydrogen-bond acceptors (Lipinski definition) is 8. The summed E-state index contributed by atoms with van der Waals surface area (Å²) in [6.45, 7) is 0.606. The summed E-state index contributed by atoms with van der Waals surface area (Å²) in [6.07, 6.45) is 12.0. The van der Waals surface area contributed by atoms with Crippen molar-refractivity contribution in [2.75, 3.05) is 10.6 Å². The van der Waals surface area contributed by atoms with E-state index in [4.69, 9.17) is 15.0 Å². The van der Waals surface area contributed by atoms with E-state index in [2.05, 4.69) is 43.8 Å². The molecule has 2 fully saturated rings. The molecule has 0 radical (unpaired) electrons. The van der Waals surface area contributed by atoms with Gasteiger partial charge < -0.3 is 20.3 Å². The van der Waals surface area contributed by atoms with Gasteiger partial charge in [-0.1, -0.05) is 25.0 Å². The van der Waals surface area contributed by atoms with E-state index in [1.807, 2.05) is 18.6 Å². The Labute approximate surface area is 208 Å². The fourth-order valence-electron chi connectivity index (χ4n) is 5.24. The number of imidazole rings is 1. The molecule has 4 aromatic rings. The van der Waals surface area contributed by atoms with Crippen LogP contribution in [0.5, 0.6) is 0 Å². The molecule has 182 valence electrons. The van der Waals surface area contributed by atoms with Gasteiger partial charge in [-0.3, -0.25) is 4.98 Å². The van der Waals surface area contributed by atoms with Crippen molar-refractivity contribution in [2.45, 2.75) is 76.1 Å². The van der Waals surface area contributed by atoms with E-state index in [9.17, 15) is 5.11 Å². The lowest BCUT2D eigenvalue weighted by molar-refractivity contribution is 0.126. The number of rotatable bonds is 7. The zero-order valence-electron chi connectivity index (χ0n) is 19.7. The summed E-state index contributed by atoms with van der Waals surface area (Å²) >= 11 is 1.70. The monoisotopic (exact) mass is 489 g/mol. The topological polar surface area (TPSA) is 101 Å². The Morgan fingerprint density at radius 2 is 1.86 bits per heavy atom. The molecule has 2 aliphatic carbocycles. The molecule has 0 spiro atoms. The summed E-state index contributed by atoms with van der Waals surface area (Å²) in [5, 5.41) is 19.0. The van der Waals surface area contributed by atoms with Crippen LogP contribution >= 0.6 is 11.3 Å². The van der Waals surface area contributed by atoms with Crippen LogP contribution in [0, 0.1) is 0 Å². The lowest BCUT2D eigenvalue weighted by Crippen LogP contribution is -2.29. The Morgan fingerprint density at radius 3 is 2.60 bits per heavy atom. The van der Waals surface area contributed by atoms with Crippen molar-refractivity contribution >= 4 is 34.3 Å². The molecule has 0 aliphatic heterocycles. The van der Waals surface area contributed by atoms with Crippen molar-refractivity contribution in [2.24, 2.45) is 0 Å². The summed E-state index contributed by atoms with van der Waals surface area (Å²) in [6, 6.07) is 9.04. The van der Waals surface area contributed by atoms with E-state index < -0.39 is 0 Å². The molecule has 2 saturated carbocycles. The maximum absolute atomic E-state index is 9.87. The van der Waals surface area contributed by atoms with E-state index in [0.717, 1.165) is 53.9 Å². The Balaban J connectivity index is 1.25. The zero-order chi connectivity index (χ0) is 23.6. The predicted molar refractivity (Wildman–Crippen MR) is 140 cm³/mol. The van der Waals surface area contributed by atoms with Gasteiger partial charge in [0.25, 0.3) is 0 Å². The molecular formula is C26H31N7OS. The van der Waals surface area contributed by atoms with Gasteiger partial charge in [0.2, 0.25) is 5.95 Å². The van der Waals surface area contributed by atoms with Crippen molar-refractivity contribution in [3.05, 3.63) is 47.7 Å². The van der Waals surface area contributed by atoms with Gasteiger partial charge in [-0.2, -0.15) is 9.97 Å². The molecule has 0 saturated heterocycles. The number of hydrogen-bond donors (Lipinski definition) is 3. The van der Waals surface area contributed by atoms with Gasteiger partial charge in [0, 0.05) is 24.8 Å². The van der Waals surface area contributed by atoms with Gasteiger partial charge in [0.15, 0.2) is 17.0 Å². The molecule has 4 heterocycles. The number of anilines is 2. The van der Waals surface area contributed by atoms with Crippen molar-refractivity contribution in [3.63, 3.8) is 0 Å². The van der Waals surface area contributed by atoms with Crippen LogP contribution in [0.25, 0.3) is 21.7 Å². The maximum atomic E-state index is 9.87. The fraction of sp³-hybridized carbons (Fsp3) is 0.462. The van der Waals surface area contributed by atoms with E-state index >= 15 is 0 Å². The number of pyridine rings is 1. The van der Waals surface area contributed by atoms with E-state index in [1.54, 1.807) is 11.3 Å². The number of nitrogens with one attached hydrogen (secondary N) is 2. The van der Waals surface area contributed by atoms with Gasteiger partial charge >= 0.3 is 0 Å². The normalized spacial score (nSPS) is 20.9. The smallest absolute Gasteiger partial charge is 0.227 e. The van der Waals surface area contributed by atoms with Gasteiger partial charge in [-0.05, 0) is 61.6 Å². The second-order valence-electron chi connectivity index (χ2n) is 9.69. The number of fused-ring (bicyclic) bond motifs is 1. The van der Waals surface area contributed by atoms with Crippen molar-refractivity contribution in [3.8, 4) is 10.6 Å². The highest BCUT2D eigenvalue weighted by Gasteiger charge is 2.24. The number of aliphatic hydroxyl groups excluding tert-OH is 1. The summed E-state index contributed by atoms with van der Waals surface area (Å²) in [5.41, 5.74) is 3.78. The lowest BCUT2D eigenvalue weighted by atomic mass is 9.93. The van der Waals surface area contributed by atoms with Crippen LogP contribution in [0.2, 0.25) is 0 Å². The van der Waals surface area contributed by atoms with Crippen LogP contribution in [-0.2, 0) is 6.54 Å². The van der Waals surface area contributed by atoms with Crippen LogP contribution in [0.1, 0.15) is 63.0 Å². The van der Waals surface area contributed by atoms with E-state index in [1.165, 1.54) is 30.6 Å². The maximum Gasteiger partial charge on any atom is 0.227 e. The molecule has 4 aromatic heterocycles. The molecule has 0 atom stereocenters. The van der Waals surface area contributed by atoms with E-state index in [-0.39, 0.29) is 12.1 Å². The predicted octanol–water partition coefficient (Wildman–Crippen LogP) is 5.39. The number of aliphatic hydroxyl groups is 1. The van der Waals surface area contributed by atoms with Crippen LogP contribution in [-0.4, -0.2) is 41.8 Å². The minimum absolute atomic E-state index is 0.183. The molecule has 0 aromatic carbocycles. The van der Waals surface area contributed by atoms with Gasteiger partial charge in [-0.15, -0.1) is 11.3 Å². The lowest BCUT2D eigenvalue weighted by Gasteiger charge is -2.26. The summed E-state index contributed by atoms with van der Waals surface area (Å²) in [5.74, 6) is 1.37. The Kier molecular flexibility index (Phi) is 6.35. The van der Waals surface area contributed by atoms with Crippen molar-refractivity contribution in [1.82, 2.24) is 24.5 Å². The van der Waals surface area contributed by atoms with Crippen LogP contribution in [0.4, 0.5) is 11.8 Å². The molecule has 35 heavy (non-hydrogen) atoms. The number of thiophene rings is 1. The van der Waals surface area contributed by atoms with Crippen molar-refractivity contribution < 1.29 is 5.11 Å². The standard InChI is InChI=1S/C26H31N7OS/c34-20-10-8-18(9-11-20)30-26-31-24(23-25(32-26)33(16-29-23)19-4-1-2-5-19)28-15-17-7-12-21(27-14-17)22-6-3-13-35-22/h3,6-7,12-14,16,18-20,34H,1-2,4-5,8-11,15H2,(H2,28,30,31,32). The van der Waals surface area contributed by atoms with Gasteiger partial charge in [-0.25, -0.2) is 4.98 Å². The Hall–Kier alpha value is -3.04. The van der Waals surface area contributed by atoms with Crippen LogP contribution in [0.15, 0.2) is 42.2 Å². The molecule has 8 nitrogen and oxygen atoms in total. The van der Waals surface area contributed by atoms with Crippen LogP contribution < -0.4 is 10.6 Å². The minimum atomic E-state index is -0.183. The summed E-state index contributed by atoms with van der Waals surface area (Å²) < 4.78 is 2.24. The highest BCUT2D eigenvalue weighted by Crippen LogP contribution is 2.33. The highest BCUT2D eigenvalue weighted by molar-refractivity contribution is 7.13. The van der Waals surface area contributed by atoms with Gasteiger partial charge in [0.05, 0.1) is 23.0 Å². The first-order chi connectivity index (χ1) is 17.2. The highest BCUT2D eigenvalue weighted by atomic mass is 32.1. The molecule has 0 bridgehead atoms. The second kappa shape index (κ2) is 9.91. The molecular weight excluding hydrogens is 458 g/mol. The minimum Gasteiger partial charge on any atom is -0.393 e. The van der Waals surface area contributed by atoms with Crippen LogP contribution in [0.3, 0.4) is 0 Å². The Morgan fingerprint density at radius 1 is 1.00 bits per heavy atom. The van der Waals surface area contributed by atoms with E-state index in [0.29, 0.717) is 18.5 Å². The first-order valence-electron chi connectivity index (χ1n) is 12.6. The first-order valence-corrected chi connectivity index (χ1v) is 13.5. The summed E-state index contributed by atoms with van der Waals surface area (Å²) in [7, 11) is 0. The van der Waals surface area contributed by atoms with Crippen molar-refractivity contribution in [1.29, 1.82) is 0 Å². The molecule has 3 N–H and O–H groups in total. The Bertz CT molecular complexity index is 1260. The quantitative estimate of drug-likeness (QED) is 0.320. The third-order valence-corrected chi connectivity index (χ3v) is 8.12. The molecule has 0 unspecified atom stereocenters. The SMILES string of the molecule is OC1CCC(Nc2nc(NCc3ccc(-c4cccs4)nc3)c3ncn(C4CCCC4)c3n2)CC1. The largest absolute Gasteiger partial charge is 0.393 e. The average molecular weight is 490 g/mol. The third kappa shape index (κ3) is 4.88.